The van der Waals surface area contributed by atoms with E-state index in [-0.39, 0.29) is 11.7 Å². The summed E-state index contributed by atoms with van der Waals surface area (Å²) in [4.78, 5) is 12.0. The molecule has 0 aliphatic heterocycles. The molecular weight excluding hydrogens is 332 g/mol. The lowest BCUT2D eigenvalue weighted by molar-refractivity contribution is 0.0955. The second-order valence-corrected chi connectivity index (χ2v) is 5.32. The third-order valence-electron chi connectivity index (χ3n) is 2.93. The van der Waals surface area contributed by atoms with Crippen molar-refractivity contribution in [1.29, 1.82) is 0 Å². The molecule has 0 fully saturated rings. The number of aromatic hydroxyl groups is 1. The van der Waals surface area contributed by atoms with E-state index >= 15 is 0 Å². The number of amides is 1. The minimum Gasteiger partial charge on any atom is -0.508 e. The van der Waals surface area contributed by atoms with E-state index < -0.39 is 0 Å². The van der Waals surface area contributed by atoms with Crippen LogP contribution in [0.25, 0.3) is 0 Å². The van der Waals surface area contributed by atoms with Gasteiger partial charge in [-0.3, -0.25) is 4.79 Å². The maximum atomic E-state index is 12.0. The topological polar surface area (TPSA) is 61.7 Å². The number of nitrogens with zero attached hydrogens (tertiary/aromatic N) is 1. The minimum absolute atomic E-state index is 0.124. The summed E-state index contributed by atoms with van der Waals surface area (Å²) in [6, 6.07) is 13.8. The van der Waals surface area contributed by atoms with Crippen LogP contribution in [0.4, 0.5) is 0 Å². The van der Waals surface area contributed by atoms with Crippen molar-refractivity contribution in [2.24, 2.45) is 5.10 Å². The summed E-state index contributed by atoms with van der Waals surface area (Å²) in [5, 5.41) is 13.4. The van der Waals surface area contributed by atoms with Gasteiger partial charge in [-0.25, -0.2) is 5.43 Å². The van der Waals surface area contributed by atoms with Crippen molar-refractivity contribution in [3.05, 3.63) is 64.1 Å². The minimum atomic E-state index is -0.307. The summed E-state index contributed by atoms with van der Waals surface area (Å²) < 4.78 is 0.995. The molecule has 21 heavy (non-hydrogen) atoms. The van der Waals surface area contributed by atoms with Gasteiger partial charge in [0.25, 0.3) is 5.91 Å². The predicted molar refractivity (Wildman–Crippen MR) is 86.5 cm³/mol. The molecule has 0 atom stereocenters. The number of halogens is 1. The lowest BCUT2D eigenvalue weighted by Gasteiger charge is -2.06. The Morgan fingerprint density at radius 3 is 2.24 bits per heavy atom. The molecule has 2 N–H and O–H groups in total. The largest absolute Gasteiger partial charge is 0.508 e. The number of hydrogen-bond donors (Lipinski definition) is 2. The maximum absolute atomic E-state index is 12.0. The number of carbonyl (C=O) groups is 1. The van der Waals surface area contributed by atoms with E-state index in [0.29, 0.717) is 12.0 Å². The first-order valence-corrected chi connectivity index (χ1v) is 7.31. The average molecular weight is 347 g/mol. The van der Waals surface area contributed by atoms with Crippen molar-refractivity contribution >= 4 is 27.5 Å². The highest BCUT2D eigenvalue weighted by Crippen LogP contribution is 2.13. The van der Waals surface area contributed by atoms with Gasteiger partial charge in [0.1, 0.15) is 5.75 Å². The van der Waals surface area contributed by atoms with Crippen LogP contribution in [0.15, 0.2) is 58.1 Å². The highest BCUT2D eigenvalue weighted by Gasteiger charge is 2.06. The number of benzene rings is 2. The number of hydrogen-bond acceptors (Lipinski definition) is 3. The highest BCUT2D eigenvalue weighted by atomic mass is 79.9. The van der Waals surface area contributed by atoms with Crippen LogP contribution in [0.1, 0.15) is 29.3 Å². The van der Waals surface area contributed by atoms with E-state index in [1.54, 1.807) is 12.1 Å². The van der Waals surface area contributed by atoms with Crippen LogP contribution in [0.2, 0.25) is 0 Å². The molecule has 2 aromatic rings. The Bertz CT molecular complexity index is 649. The zero-order valence-electron chi connectivity index (χ0n) is 11.5. The van der Waals surface area contributed by atoms with Crippen molar-refractivity contribution in [2.45, 2.75) is 13.3 Å². The molecule has 0 spiro atoms. The van der Waals surface area contributed by atoms with Crippen molar-refractivity contribution in [3.63, 3.8) is 0 Å². The predicted octanol–water partition coefficient (Wildman–Crippen LogP) is 3.70. The van der Waals surface area contributed by atoms with Gasteiger partial charge in [-0.1, -0.05) is 35.0 Å². The third kappa shape index (κ3) is 4.16. The first-order valence-electron chi connectivity index (χ1n) is 6.52. The van der Waals surface area contributed by atoms with Crippen LogP contribution in [0.3, 0.4) is 0 Å². The van der Waals surface area contributed by atoms with E-state index in [1.807, 2.05) is 31.2 Å². The molecule has 0 saturated carbocycles. The Labute approximate surface area is 131 Å². The van der Waals surface area contributed by atoms with Gasteiger partial charge in [0.15, 0.2) is 0 Å². The Morgan fingerprint density at radius 2 is 1.67 bits per heavy atom. The van der Waals surface area contributed by atoms with Gasteiger partial charge in [0.05, 0.1) is 5.71 Å². The molecule has 0 bridgehead atoms. The molecule has 0 unspecified atom stereocenters. The lowest BCUT2D eigenvalue weighted by atomic mass is 10.1. The number of phenols is 1. The molecule has 0 radical (unpaired) electrons. The molecule has 1 amide bonds. The van der Waals surface area contributed by atoms with Crippen LogP contribution in [-0.4, -0.2) is 16.7 Å². The monoisotopic (exact) mass is 346 g/mol. The molecule has 0 aliphatic rings. The Balaban J connectivity index is 2.12. The molecule has 0 heterocycles. The van der Waals surface area contributed by atoms with E-state index in [4.69, 9.17) is 0 Å². The van der Waals surface area contributed by atoms with Crippen molar-refractivity contribution in [2.75, 3.05) is 0 Å². The molecule has 5 heteroatoms. The molecule has 0 aliphatic carbocycles. The van der Waals surface area contributed by atoms with Crippen LogP contribution in [-0.2, 0) is 0 Å². The quantitative estimate of drug-likeness (QED) is 0.654. The van der Waals surface area contributed by atoms with Gasteiger partial charge in [0.2, 0.25) is 0 Å². The molecule has 2 rings (SSSR count). The molecular formula is C16H15BrN2O2. The van der Waals surface area contributed by atoms with Gasteiger partial charge in [-0.15, -0.1) is 0 Å². The average Bonchev–Trinajstić information content (AvgIpc) is 2.50. The lowest BCUT2D eigenvalue weighted by Crippen LogP contribution is -2.19. The fraction of sp³-hybridized carbons (Fsp3) is 0.125. The fourth-order valence-electron chi connectivity index (χ4n) is 1.79. The van der Waals surface area contributed by atoms with E-state index in [0.717, 1.165) is 15.7 Å². The highest BCUT2D eigenvalue weighted by molar-refractivity contribution is 9.10. The van der Waals surface area contributed by atoms with Crippen LogP contribution < -0.4 is 5.43 Å². The van der Waals surface area contributed by atoms with Gasteiger partial charge < -0.3 is 5.11 Å². The maximum Gasteiger partial charge on any atom is 0.271 e. The SMILES string of the molecule is CC/C(=N/NC(=O)c1ccc(O)cc1)c1ccc(Br)cc1. The number of phenolic OH excluding ortho intramolecular Hbond substituents is 1. The second-order valence-electron chi connectivity index (χ2n) is 4.41. The van der Waals surface area contributed by atoms with E-state index in [2.05, 4.69) is 26.5 Å². The number of rotatable bonds is 4. The molecule has 0 saturated heterocycles. The van der Waals surface area contributed by atoms with Gasteiger partial charge in [-0.2, -0.15) is 5.10 Å². The smallest absolute Gasteiger partial charge is 0.271 e. The van der Waals surface area contributed by atoms with Gasteiger partial charge in [0, 0.05) is 10.0 Å². The summed E-state index contributed by atoms with van der Waals surface area (Å²) in [7, 11) is 0. The molecule has 4 nitrogen and oxygen atoms in total. The standard InChI is InChI=1S/C16H15BrN2O2/c1-2-15(11-3-7-13(17)8-4-11)18-19-16(21)12-5-9-14(20)10-6-12/h3-10,20H,2H2,1H3,(H,19,21)/b18-15-. The number of nitrogens with one attached hydrogen (secondary N) is 1. The van der Waals surface area contributed by atoms with Crippen molar-refractivity contribution in [1.82, 2.24) is 5.43 Å². The summed E-state index contributed by atoms with van der Waals surface area (Å²) in [6.45, 7) is 1.98. The number of hydrazone groups is 1. The second kappa shape index (κ2) is 7.04. The van der Waals surface area contributed by atoms with Crippen molar-refractivity contribution < 1.29 is 9.90 Å². The van der Waals surface area contributed by atoms with E-state index in [9.17, 15) is 9.90 Å². The van der Waals surface area contributed by atoms with Crippen LogP contribution >= 0.6 is 15.9 Å². The molecule has 108 valence electrons. The Hall–Kier alpha value is -2.14. The van der Waals surface area contributed by atoms with Crippen LogP contribution in [0.5, 0.6) is 5.75 Å². The summed E-state index contributed by atoms with van der Waals surface area (Å²) in [5.74, 6) is -0.183. The summed E-state index contributed by atoms with van der Waals surface area (Å²) in [6.07, 6.45) is 0.706. The third-order valence-corrected chi connectivity index (χ3v) is 3.46. The Morgan fingerprint density at radius 1 is 1.10 bits per heavy atom. The number of carbonyl (C=O) groups excluding carboxylic acids is 1. The summed E-state index contributed by atoms with van der Waals surface area (Å²) >= 11 is 3.39. The Kier molecular flexibility index (Phi) is 5.11. The normalized spacial score (nSPS) is 11.2. The zero-order valence-corrected chi connectivity index (χ0v) is 13.1. The summed E-state index contributed by atoms with van der Waals surface area (Å²) in [5.41, 5.74) is 4.75. The zero-order chi connectivity index (χ0) is 15.2. The first-order chi connectivity index (χ1) is 10.1. The van der Waals surface area contributed by atoms with Crippen molar-refractivity contribution in [3.8, 4) is 5.75 Å². The molecule has 0 aromatic heterocycles. The van der Waals surface area contributed by atoms with Crippen LogP contribution in [0, 0.1) is 0 Å². The molecule has 2 aromatic carbocycles. The fourth-order valence-corrected chi connectivity index (χ4v) is 2.05. The van der Waals surface area contributed by atoms with Gasteiger partial charge >= 0.3 is 0 Å². The van der Waals surface area contributed by atoms with E-state index in [1.165, 1.54) is 12.1 Å². The van der Waals surface area contributed by atoms with Gasteiger partial charge in [-0.05, 0) is 48.4 Å². The first kappa shape index (κ1) is 15.3.